The number of hydrogen-bond acceptors (Lipinski definition) is 6. The molecule has 0 radical (unpaired) electrons. The Hall–Kier alpha value is -1.61. The molecular formula is C18H34ClFN2O6. The topological polar surface area (TPSA) is 90.9 Å². The number of alkyl carbamates (subject to hydrolysis) is 1. The molecule has 0 aliphatic heterocycles. The summed E-state index contributed by atoms with van der Waals surface area (Å²) in [5.74, 6) is -1.48. The van der Waals surface area contributed by atoms with Crippen molar-refractivity contribution in [1.29, 1.82) is 0 Å². The minimum Gasteiger partial charge on any atom is -1.00 e. The predicted octanol–water partition coefficient (Wildman–Crippen LogP) is -0.838. The Balaban J connectivity index is 0. The molecule has 0 saturated heterocycles. The summed E-state index contributed by atoms with van der Waals surface area (Å²) in [6.07, 6.45) is -1.27. The molecule has 1 N–H and O–H groups in total. The number of alkyl halides is 1. The first-order valence-corrected chi connectivity index (χ1v) is 8.80. The van der Waals surface area contributed by atoms with Crippen LogP contribution in [0.1, 0.15) is 48.0 Å². The van der Waals surface area contributed by atoms with E-state index in [-0.39, 0.29) is 30.0 Å². The number of carbonyl (C=O) groups excluding carboxylic acids is 3. The van der Waals surface area contributed by atoms with E-state index < -0.39 is 48.5 Å². The molecule has 28 heavy (non-hydrogen) atoms. The molecule has 0 spiro atoms. The average Bonchev–Trinajstić information content (AvgIpc) is 2.42. The van der Waals surface area contributed by atoms with Crippen molar-refractivity contribution in [3.8, 4) is 0 Å². The van der Waals surface area contributed by atoms with Crippen molar-refractivity contribution >= 4 is 18.0 Å². The zero-order chi connectivity index (χ0) is 21.5. The fourth-order valence-corrected chi connectivity index (χ4v) is 1.71. The van der Waals surface area contributed by atoms with E-state index in [2.05, 4.69) is 5.32 Å². The molecule has 0 aliphatic carbocycles. The fraction of sp³-hybridized carbons (Fsp3) is 0.833. The van der Waals surface area contributed by atoms with E-state index in [4.69, 9.17) is 14.2 Å². The number of halogens is 2. The van der Waals surface area contributed by atoms with Gasteiger partial charge in [0.25, 0.3) is 0 Å². The van der Waals surface area contributed by atoms with Crippen molar-refractivity contribution in [3.63, 3.8) is 0 Å². The van der Waals surface area contributed by atoms with Crippen LogP contribution in [-0.4, -0.2) is 73.8 Å². The average molecular weight is 429 g/mol. The summed E-state index contributed by atoms with van der Waals surface area (Å²) in [5, 5.41) is 2.34. The molecule has 0 aromatic rings. The Labute approximate surface area is 173 Å². The Morgan fingerprint density at radius 2 is 1.50 bits per heavy atom. The van der Waals surface area contributed by atoms with Crippen molar-refractivity contribution in [1.82, 2.24) is 5.32 Å². The molecule has 166 valence electrons. The number of amides is 1. The number of ether oxygens (including phenoxy) is 3. The molecule has 0 unspecified atom stereocenters. The first-order chi connectivity index (χ1) is 12.0. The number of carbonyl (C=O) groups is 3. The third-order valence-electron chi connectivity index (χ3n) is 3.04. The smallest absolute Gasteiger partial charge is 0.408 e. The largest absolute Gasteiger partial charge is 1.00 e. The van der Waals surface area contributed by atoms with Gasteiger partial charge in [0.1, 0.15) is 30.4 Å². The highest BCUT2D eigenvalue weighted by Gasteiger charge is 2.31. The Morgan fingerprint density at radius 1 is 1.00 bits per heavy atom. The zero-order valence-electron chi connectivity index (χ0n) is 18.1. The predicted molar refractivity (Wildman–Crippen MR) is 97.5 cm³/mol. The number of rotatable bonds is 8. The summed E-state index contributed by atoms with van der Waals surface area (Å²) in [6.45, 7) is 9.71. The second-order valence-electron chi connectivity index (χ2n) is 8.94. The van der Waals surface area contributed by atoms with Gasteiger partial charge in [0.15, 0.2) is 0 Å². The van der Waals surface area contributed by atoms with Crippen molar-refractivity contribution in [2.45, 2.75) is 65.2 Å². The third kappa shape index (κ3) is 14.4. The van der Waals surface area contributed by atoms with E-state index in [0.29, 0.717) is 0 Å². The lowest BCUT2D eigenvalue weighted by Gasteiger charge is -2.26. The molecule has 0 fully saturated rings. The Bertz CT molecular complexity index is 529. The van der Waals surface area contributed by atoms with E-state index in [0.717, 1.165) is 0 Å². The molecule has 0 saturated carbocycles. The molecule has 0 bridgehead atoms. The molecule has 8 nitrogen and oxygen atoms in total. The third-order valence-corrected chi connectivity index (χ3v) is 3.04. The van der Waals surface area contributed by atoms with Crippen molar-refractivity contribution < 1.29 is 49.9 Å². The molecular weight excluding hydrogens is 395 g/mol. The standard InChI is InChI=1S/C18H33FN2O6.ClH/c1-17(2,3)26-15(23)13(20-16(24)27-18(4,5)6)11-14(22)25-10-9-21(7,8)12-19;/h13H,9-12H2,1-8H3;1H/t13-;/m0./s1. The van der Waals surface area contributed by atoms with Crippen molar-refractivity contribution in [2.75, 3.05) is 34.0 Å². The summed E-state index contributed by atoms with van der Waals surface area (Å²) >= 11 is 0. The van der Waals surface area contributed by atoms with E-state index >= 15 is 0 Å². The lowest BCUT2D eigenvalue weighted by Crippen LogP contribution is -3.00. The first-order valence-electron chi connectivity index (χ1n) is 8.80. The van der Waals surface area contributed by atoms with Crippen LogP contribution in [0.15, 0.2) is 0 Å². The summed E-state index contributed by atoms with van der Waals surface area (Å²) in [5.41, 5.74) is -1.56. The molecule has 1 amide bonds. The number of nitrogens with zero attached hydrogens (tertiary/aromatic N) is 1. The van der Waals surface area contributed by atoms with Crippen LogP contribution in [0.4, 0.5) is 9.18 Å². The van der Waals surface area contributed by atoms with Gasteiger partial charge in [-0.15, -0.1) is 0 Å². The van der Waals surface area contributed by atoms with Crippen LogP contribution in [0.25, 0.3) is 0 Å². The molecule has 0 aliphatic rings. The van der Waals surface area contributed by atoms with Crippen molar-refractivity contribution in [2.24, 2.45) is 0 Å². The van der Waals surface area contributed by atoms with E-state index in [9.17, 15) is 18.8 Å². The summed E-state index contributed by atoms with van der Waals surface area (Å²) < 4.78 is 28.2. The fourth-order valence-electron chi connectivity index (χ4n) is 1.71. The SMILES string of the molecule is CC(C)(C)OC(=O)N[C@@H](CC(=O)OCC[N+](C)(C)CF)C(=O)OC(C)(C)C.[Cl-]. The van der Waals surface area contributed by atoms with Gasteiger partial charge in [-0.25, -0.2) is 9.59 Å². The Morgan fingerprint density at radius 3 is 1.93 bits per heavy atom. The van der Waals surface area contributed by atoms with Crippen molar-refractivity contribution in [3.05, 3.63) is 0 Å². The van der Waals surface area contributed by atoms with Gasteiger partial charge < -0.3 is 31.9 Å². The minimum absolute atomic E-state index is 0. The van der Waals surface area contributed by atoms with Gasteiger partial charge in [-0.05, 0) is 41.5 Å². The van der Waals surface area contributed by atoms with Gasteiger partial charge in [-0.2, -0.15) is 4.39 Å². The van der Waals surface area contributed by atoms with E-state index in [1.807, 2.05) is 0 Å². The van der Waals surface area contributed by atoms with Gasteiger partial charge >= 0.3 is 18.0 Å². The molecule has 0 aromatic heterocycles. The second kappa shape index (κ2) is 11.4. The minimum atomic E-state index is -1.25. The van der Waals surface area contributed by atoms with Crippen LogP contribution < -0.4 is 17.7 Å². The van der Waals surface area contributed by atoms with Gasteiger partial charge in [-0.3, -0.25) is 9.28 Å². The van der Waals surface area contributed by atoms with Gasteiger partial charge in [0, 0.05) is 0 Å². The van der Waals surface area contributed by atoms with Gasteiger partial charge in [0.2, 0.25) is 6.80 Å². The van der Waals surface area contributed by atoms with Crippen LogP contribution in [0.5, 0.6) is 0 Å². The highest BCUT2D eigenvalue weighted by Crippen LogP contribution is 2.12. The summed E-state index contributed by atoms with van der Waals surface area (Å²) in [6, 6.07) is -1.25. The summed E-state index contributed by atoms with van der Waals surface area (Å²) in [7, 11) is 3.31. The maximum absolute atomic E-state index is 12.8. The Kier molecular flexibility index (Phi) is 11.6. The number of likely N-dealkylation sites (N-methyl/N-ethyl adjacent to an activating group) is 1. The van der Waals surface area contributed by atoms with Crippen LogP contribution in [0.2, 0.25) is 0 Å². The number of nitrogens with one attached hydrogen (secondary N) is 1. The zero-order valence-corrected chi connectivity index (χ0v) is 18.8. The quantitative estimate of drug-likeness (QED) is 0.235. The maximum atomic E-state index is 12.8. The van der Waals surface area contributed by atoms with Crippen LogP contribution in [0, 0.1) is 0 Å². The highest BCUT2D eigenvalue weighted by molar-refractivity contribution is 5.86. The monoisotopic (exact) mass is 428 g/mol. The summed E-state index contributed by atoms with van der Waals surface area (Å²) in [4.78, 5) is 36.3. The maximum Gasteiger partial charge on any atom is 0.408 e. The number of esters is 2. The van der Waals surface area contributed by atoms with Crippen LogP contribution in [0.3, 0.4) is 0 Å². The number of quaternary nitrogens is 1. The molecule has 0 rings (SSSR count). The second-order valence-corrected chi connectivity index (χ2v) is 8.94. The van der Waals surface area contributed by atoms with E-state index in [1.165, 1.54) is 0 Å². The van der Waals surface area contributed by atoms with Crippen LogP contribution in [-0.2, 0) is 23.8 Å². The molecule has 0 heterocycles. The molecule has 1 atom stereocenters. The highest BCUT2D eigenvalue weighted by atomic mass is 35.5. The normalized spacial score (nSPS) is 13.0. The van der Waals surface area contributed by atoms with Gasteiger partial charge in [-0.1, -0.05) is 0 Å². The van der Waals surface area contributed by atoms with Gasteiger partial charge in [0.05, 0.1) is 20.5 Å². The molecule has 10 heteroatoms. The van der Waals surface area contributed by atoms with E-state index in [1.54, 1.807) is 55.6 Å². The first kappa shape index (κ1) is 28.6. The van der Waals surface area contributed by atoms with Crippen LogP contribution >= 0.6 is 0 Å². The number of hydrogen-bond donors (Lipinski definition) is 1. The lowest BCUT2D eigenvalue weighted by atomic mass is 10.1. The molecule has 0 aromatic carbocycles. The lowest BCUT2D eigenvalue weighted by molar-refractivity contribution is -0.902.